The number of nitrogens with one attached hydrogen (secondary N) is 1. The van der Waals surface area contributed by atoms with Crippen molar-refractivity contribution in [1.82, 2.24) is 20.0 Å². The summed E-state index contributed by atoms with van der Waals surface area (Å²) in [6, 6.07) is 8.72. The van der Waals surface area contributed by atoms with E-state index in [-0.39, 0.29) is 17.5 Å². The number of aryl methyl sites for hydroxylation is 1. The van der Waals surface area contributed by atoms with Crippen molar-refractivity contribution in [2.75, 3.05) is 38.2 Å². The maximum absolute atomic E-state index is 11.9. The van der Waals surface area contributed by atoms with E-state index < -0.39 is 9.84 Å². The Bertz CT molecular complexity index is 1010. The minimum atomic E-state index is -2.93. The maximum atomic E-state index is 11.9. The van der Waals surface area contributed by atoms with Gasteiger partial charge >= 0.3 is 0 Å². The van der Waals surface area contributed by atoms with Gasteiger partial charge < -0.3 is 10.1 Å². The molecule has 2 atom stereocenters. The van der Waals surface area contributed by atoms with Crippen molar-refractivity contribution in [2.45, 2.75) is 58.2 Å². The third-order valence-corrected chi connectivity index (χ3v) is 8.75. The second kappa shape index (κ2) is 9.93. The average molecular weight is 461 g/mol. The Morgan fingerprint density at radius 2 is 1.88 bits per heavy atom. The summed E-state index contributed by atoms with van der Waals surface area (Å²) in [5, 5.41) is 8.39. The van der Waals surface area contributed by atoms with Gasteiger partial charge in [-0.25, -0.2) is 8.42 Å². The predicted molar refractivity (Wildman–Crippen MR) is 127 cm³/mol. The van der Waals surface area contributed by atoms with E-state index in [0.717, 1.165) is 43.3 Å². The van der Waals surface area contributed by atoms with Crippen LogP contribution in [0.25, 0.3) is 0 Å². The standard InChI is InChI=1S/C24H36N4O3S/c1-18-23(19(2)28(26-18)21-11-14-32(29,30)17-21)15-25-16-24(27-12-5-4-6-13-27)20-7-9-22(31-3)10-8-20/h7-10,21,24-25H,4-6,11-17H2,1-3H3/t21-,24+/m1/s1. The lowest BCUT2D eigenvalue weighted by molar-refractivity contribution is 0.160. The molecule has 1 N–H and O–H groups in total. The zero-order valence-corrected chi connectivity index (χ0v) is 20.3. The van der Waals surface area contributed by atoms with Crippen LogP contribution in [0.3, 0.4) is 0 Å². The second-order valence-electron chi connectivity index (χ2n) is 9.17. The molecule has 7 nitrogen and oxygen atoms in total. The number of rotatable bonds is 8. The Morgan fingerprint density at radius 1 is 1.16 bits per heavy atom. The summed E-state index contributed by atoms with van der Waals surface area (Å²) in [6.07, 6.45) is 4.48. The van der Waals surface area contributed by atoms with Crippen LogP contribution < -0.4 is 10.1 Å². The van der Waals surface area contributed by atoms with Gasteiger partial charge in [0.25, 0.3) is 0 Å². The molecule has 2 aromatic rings. The molecule has 0 unspecified atom stereocenters. The first-order valence-corrected chi connectivity index (χ1v) is 13.5. The molecular weight excluding hydrogens is 424 g/mol. The number of aromatic nitrogens is 2. The van der Waals surface area contributed by atoms with E-state index in [9.17, 15) is 8.42 Å². The van der Waals surface area contributed by atoms with E-state index in [1.807, 2.05) is 23.7 Å². The number of methoxy groups -OCH3 is 1. The molecule has 2 saturated heterocycles. The Kier molecular flexibility index (Phi) is 7.22. The number of nitrogens with zero attached hydrogens (tertiary/aromatic N) is 3. The van der Waals surface area contributed by atoms with Crippen LogP contribution in [0.5, 0.6) is 5.75 Å². The zero-order chi connectivity index (χ0) is 22.7. The lowest BCUT2D eigenvalue weighted by Crippen LogP contribution is -2.39. The van der Waals surface area contributed by atoms with E-state index in [4.69, 9.17) is 9.84 Å². The van der Waals surface area contributed by atoms with Gasteiger partial charge in [0.2, 0.25) is 0 Å². The topological polar surface area (TPSA) is 76.5 Å². The molecule has 2 aliphatic rings. The van der Waals surface area contributed by atoms with Crippen LogP contribution in [0.15, 0.2) is 24.3 Å². The maximum Gasteiger partial charge on any atom is 0.152 e. The van der Waals surface area contributed by atoms with E-state index >= 15 is 0 Å². The molecule has 3 heterocycles. The van der Waals surface area contributed by atoms with E-state index in [0.29, 0.717) is 12.5 Å². The number of hydrogen-bond acceptors (Lipinski definition) is 6. The third-order valence-electron chi connectivity index (χ3n) is 7.00. The highest BCUT2D eigenvalue weighted by Gasteiger charge is 2.31. The second-order valence-corrected chi connectivity index (χ2v) is 11.4. The van der Waals surface area contributed by atoms with Crippen molar-refractivity contribution in [3.8, 4) is 5.75 Å². The molecule has 1 aromatic heterocycles. The van der Waals surface area contributed by atoms with Crippen LogP contribution in [0.1, 0.15) is 60.3 Å². The molecule has 0 radical (unpaired) electrons. The lowest BCUT2D eigenvalue weighted by Gasteiger charge is -2.35. The van der Waals surface area contributed by atoms with Crippen molar-refractivity contribution >= 4 is 9.84 Å². The number of hydrogen-bond donors (Lipinski definition) is 1. The SMILES string of the molecule is COc1ccc([C@H](CNCc2c(C)nn([C@@H]3CCS(=O)(=O)C3)c2C)N2CCCCC2)cc1. The number of likely N-dealkylation sites (tertiary alicyclic amines) is 1. The Labute approximate surface area is 192 Å². The van der Waals surface area contributed by atoms with E-state index in [1.54, 1.807) is 7.11 Å². The number of benzene rings is 1. The summed E-state index contributed by atoms with van der Waals surface area (Å²) >= 11 is 0. The van der Waals surface area contributed by atoms with Gasteiger partial charge in [-0.2, -0.15) is 5.10 Å². The van der Waals surface area contributed by atoms with Crippen LogP contribution in [0.2, 0.25) is 0 Å². The molecule has 0 aliphatic carbocycles. The zero-order valence-electron chi connectivity index (χ0n) is 19.5. The van der Waals surface area contributed by atoms with E-state index in [2.05, 4.69) is 29.3 Å². The minimum Gasteiger partial charge on any atom is -0.497 e. The first kappa shape index (κ1) is 23.3. The number of ether oxygens (including phenoxy) is 1. The number of sulfone groups is 1. The van der Waals surface area contributed by atoms with Crippen LogP contribution in [-0.2, 0) is 16.4 Å². The number of piperidine rings is 1. The van der Waals surface area contributed by atoms with Crippen molar-refractivity contribution < 1.29 is 13.2 Å². The average Bonchev–Trinajstić information content (AvgIpc) is 3.30. The molecule has 4 rings (SSSR count). The van der Waals surface area contributed by atoms with Crippen LogP contribution >= 0.6 is 0 Å². The molecule has 176 valence electrons. The normalized spacial score (nSPS) is 22.2. The highest BCUT2D eigenvalue weighted by Crippen LogP contribution is 2.28. The molecule has 0 spiro atoms. The third kappa shape index (κ3) is 5.18. The molecule has 0 bridgehead atoms. The molecule has 2 aliphatic heterocycles. The van der Waals surface area contributed by atoms with Gasteiger partial charge in [-0.3, -0.25) is 9.58 Å². The minimum absolute atomic E-state index is 0.0344. The lowest BCUT2D eigenvalue weighted by atomic mass is 10.0. The summed E-state index contributed by atoms with van der Waals surface area (Å²) < 4.78 is 31.1. The fourth-order valence-electron chi connectivity index (χ4n) is 5.12. The van der Waals surface area contributed by atoms with Gasteiger partial charge in [0.15, 0.2) is 9.84 Å². The molecule has 32 heavy (non-hydrogen) atoms. The predicted octanol–water partition coefficient (Wildman–Crippen LogP) is 3.18. The Balaban J connectivity index is 1.45. The monoisotopic (exact) mass is 460 g/mol. The first-order chi connectivity index (χ1) is 15.4. The van der Waals surface area contributed by atoms with Gasteiger partial charge in [-0.15, -0.1) is 0 Å². The van der Waals surface area contributed by atoms with Crippen molar-refractivity contribution in [3.63, 3.8) is 0 Å². The summed E-state index contributed by atoms with van der Waals surface area (Å²) in [5.74, 6) is 1.35. The van der Waals surface area contributed by atoms with Crippen LogP contribution in [-0.4, -0.2) is 61.3 Å². The van der Waals surface area contributed by atoms with E-state index in [1.165, 1.54) is 30.4 Å². The largest absolute Gasteiger partial charge is 0.497 e. The van der Waals surface area contributed by atoms with Crippen molar-refractivity contribution in [2.24, 2.45) is 0 Å². The molecule has 1 aromatic carbocycles. The van der Waals surface area contributed by atoms with Gasteiger partial charge in [0, 0.05) is 30.4 Å². The summed E-state index contributed by atoms with van der Waals surface area (Å²) in [7, 11) is -1.23. The summed E-state index contributed by atoms with van der Waals surface area (Å²) in [5.41, 5.74) is 4.55. The summed E-state index contributed by atoms with van der Waals surface area (Å²) in [4.78, 5) is 2.59. The quantitative estimate of drug-likeness (QED) is 0.652. The van der Waals surface area contributed by atoms with Crippen molar-refractivity contribution in [1.29, 1.82) is 0 Å². The summed E-state index contributed by atoms with van der Waals surface area (Å²) in [6.45, 7) is 7.93. The van der Waals surface area contributed by atoms with Crippen LogP contribution in [0, 0.1) is 13.8 Å². The molecule has 0 saturated carbocycles. The first-order valence-electron chi connectivity index (χ1n) is 11.7. The van der Waals surface area contributed by atoms with Crippen molar-refractivity contribution in [3.05, 3.63) is 46.8 Å². The fraction of sp³-hybridized carbons (Fsp3) is 0.625. The highest BCUT2D eigenvalue weighted by atomic mass is 32.2. The fourth-order valence-corrected chi connectivity index (χ4v) is 6.82. The Morgan fingerprint density at radius 3 is 2.50 bits per heavy atom. The van der Waals surface area contributed by atoms with Gasteiger partial charge in [0.1, 0.15) is 5.75 Å². The van der Waals surface area contributed by atoms with Gasteiger partial charge in [0.05, 0.1) is 30.4 Å². The van der Waals surface area contributed by atoms with Gasteiger partial charge in [-0.1, -0.05) is 18.6 Å². The molecule has 0 amide bonds. The van der Waals surface area contributed by atoms with Gasteiger partial charge in [-0.05, 0) is 63.9 Å². The highest BCUT2D eigenvalue weighted by molar-refractivity contribution is 7.91. The molecule has 2 fully saturated rings. The molecular formula is C24H36N4O3S. The smallest absolute Gasteiger partial charge is 0.152 e. The van der Waals surface area contributed by atoms with Crippen LogP contribution in [0.4, 0.5) is 0 Å². The molecule has 8 heteroatoms. The Hall–Kier alpha value is -1.90.